The molecule has 304 valence electrons. The number of nitrogens with one attached hydrogen (secondary N) is 3. The zero-order valence-electron chi connectivity index (χ0n) is 33.7. The molecule has 0 spiro atoms. The molecule has 2 amide bonds. The molecule has 0 aliphatic rings. The Bertz CT molecular complexity index is 2300. The van der Waals surface area contributed by atoms with E-state index >= 15 is 0 Å². The van der Waals surface area contributed by atoms with Gasteiger partial charge in [-0.05, 0) is 113 Å². The van der Waals surface area contributed by atoms with E-state index in [4.69, 9.17) is 14.6 Å². The van der Waals surface area contributed by atoms with Gasteiger partial charge < -0.3 is 20.1 Å². The van der Waals surface area contributed by atoms with Gasteiger partial charge in [0, 0.05) is 34.8 Å². The molecular formula is C40H54N6O8S2. The maximum absolute atomic E-state index is 14.3. The monoisotopic (exact) mass is 810 g/mol. The van der Waals surface area contributed by atoms with Gasteiger partial charge in [0.2, 0.25) is 11.8 Å². The molecule has 1 atom stereocenters. The van der Waals surface area contributed by atoms with Crippen LogP contribution in [0.4, 0.5) is 17.2 Å². The Morgan fingerprint density at radius 1 is 0.875 bits per heavy atom. The highest BCUT2D eigenvalue weighted by Crippen LogP contribution is 2.36. The van der Waals surface area contributed by atoms with Crippen LogP contribution in [0.3, 0.4) is 0 Å². The minimum absolute atomic E-state index is 0.0304. The molecule has 4 rings (SSSR count). The predicted molar refractivity (Wildman–Crippen MR) is 221 cm³/mol. The van der Waals surface area contributed by atoms with E-state index in [0.717, 1.165) is 10.8 Å². The van der Waals surface area contributed by atoms with Gasteiger partial charge in [0.25, 0.3) is 10.2 Å². The van der Waals surface area contributed by atoms with Crippen LogP contribution in [-0.2, 0) is 36.2 Å². The number of anilines is 3. The van der Waals surface area contributed by atoms with Gasteiger partial charge in [-0.3, -0.25) is 19.2 Å². The number of pyridine rings is 1. The number of carbonyl (C=O) groups excluding carboxylic acids is 2. The van der Waals surface area contributed by atoms with Crippen molar-refractivity contribution in [3.63, 3.8) is 0 Å². The lowest BCUT2D eigenvalue weighted by molar-refractivity contribution is -0.126. The Morgan fingerprint density at radius 2 is 1.55 bits per heavy atom. The molecule has 3 aromatic carbocycles. The maximum Gasteiger partial charge on any atom is 0.296 e. The van der Waals surface area contributed by atoms with Crippen molar-refractivity contribution in [1.29, 1.82) is 0 Å². The number of fused-ring (bicyclic) bond motifs is 1. The summed E-state index contributed by atoms with van der Waals surface area (Å²) in [7, 11) is -7.94. The number of sulfone groups is 1. The summed E-state index contributed by atoms with van der Waals surface area (Å²) in [6.45, 7) is 18.6. The minimum atomic E-state index is -4.17. The van der Waals surface area contributed by atoms with E-state index in [9.17, 15) is 26.4 Å². The molecule has 56 heavy (non-hydrogen) atoms. The Hall–Kier alpha value is -4.93. The Morgan fingerprint density at radius 3 is 2.14 bits per heavy atom. The predicted octanol–water partition coefficient (Wildman–Crippen LogP) is 6.48. The fraction of sp³-hybridized carbons (Fsp3) is 0.425. The maximum atomic E-state index is 14.3. The molecule has 1 aromatic heterocycles. The van der Waals surface area contributed by atoms with Gasteiger partial charge >= 0.3 is 0 Å². The fourth-order valence-electron chi connectivity index (χ4n) is 5.96. The van der Waals surface area contributed by atoms with E-state index in [1.165, 1.54) is 25.1 Å². The lowest BCUT2D eigenvalue weighted by Crippen LogP contribution is -2.51. The summed E-state index contributed by atoms with van der Waals surface area (Å²) in [5.41, 5.74) is 0.00753. The van der Waals surface area contributed by atoms with Crippen molar-refractivity contribution in [2.75, 3.05) is 27.3 Å². The average molecular weight is 811 g/mol. The van der Waals surface area contributed by atoms with Crippen molar-refractivity contribution in [3.05, 3.63) is 78.0 Å². The van der Waals surface area contributed by atoms with E-state index in [1.807, 2.05) is 80.5 Å². The van der Waals surface area contributed by atoms with Gasteiger partial charge in [-0.15, -0.1) is 0 Å². The SMILES string of the molecule is CCOc1cc(C(Nc2ccc3c(N(C(=O)C(C)(C)C)C(C)(C)C)nccc3c2)C(=O)NCc2cc(NS(N)(=O)=O)ccc2S(=O)(=O)CC)ccc1OC(C)C. The molecule has 14 nitrogen and oxygen atoms in total. The Kier molecular flexibility index (Phi) is 13.3. The molecule has 0 aliphatic carbocycles. The zero-order chi connectivity index (χ0) is 41.8. The first-order valence-electron chi connectivity index (χ1n) is 18.3. The first-order chi connectivity index (χ1) is 25.9. The van der Waals surface area contributed by atoms with Crippen LogP contribution in [0.1, 0.15) is 86.4 Å². The molecule has 16 heteroatoms. The molecule has 0 radical (unpaired) electrons. The second-order valence-electron chi connectivity index (χ2n) is 15.6. The van der Waals surface area contributed by atoms with E-state index in [0.29, 0.717) is 35.2 Å². The molecule has 0 saturated heterocycles. The lowest BCUT2D eigenvalue weighted by Gasteiger charge is -2.39. The second-order valence-corrected chi connectivity index (χ2v) is 19.1. The number of hydrogen-bond donors (Lipinski definition) is 4. The average Bonchev–Trinajstić information content (AvgIpc) is 3.08. The molecule has 0 aliphatic heterocycles. The summed E-state index contributed by atoms with van der Waals surface area (Å²) in [5, 5.41) is 12.9. The van der Waals surface area contributed by atoms with Crippen molar-refractivity contribution >= 4 is 59.8 Å². The molecule has 0 fully saturated rings. The third kappa shape index (κ3) is 10.9. The Balaban J connectivity index is 1.81. The number of rotatable bonds is 15. The second kappa shape index (κ2) is 17.1. The highest BCUT2D eigenvalue weighted by Gasteiger charge is 2.37. The topological polar surface area (TPSA) is 199 Å². The van der Waals surface area contributed by atoms with Crippen molar-refractivity contribution in [3.8, 4) is 11.5 Å². The third-order valence-corrected chi connectivity index (χ3v) is 10.8. The first kappa shape index (κ1) is 43.8. The van der Waals surface area contributed by atoms with Crippen LogP contribution in [0.25, 0.3) is 10.8 Å². The summed E-state index contributed by atoms with van der Waals surface area (Å²) >= 11 is 0. The summed E-state index contributed by atoms with van der Waals surface area (Å²) in [4.78, 5) is 34.3. The van der Waals surface area contributed by atoms with Crippen LogP contribution in [0.2, 0.25) is 0 Å². The number of hydrogen-bond acceptors (Lipinski definition) is 10. The molecule has 0 bridgehead atoms. The van der Waals surface area contributed by atoms with E-state index in [1.54, 1.807) is 35.4 Å². The zero-order valence-corrected chi connectivity index (χ0v) is 35.3. The van der Waals surface area contributed by atoms with Crippen LogP contribution in [0.15, 0.2) is 71.8 Å². The number of ether oxygens (including phenoxy) is 2. The normalized spacial score (nSPS) is 12.9. The largest absolute Gasteiger partial charge is 0.490 e. The molecule has 5 N–H and O–H groups in total. The molecule has 1 heterocycles. The fourth-order valence-corrected chi connectivity index (χ4v) is 7.54. The van der Waals surface area contributed by atoms with Gasteiger partial charge in [0.1, 0.15) is 11.9 Å². The molecule has 1 unspecified atom stereocenters. The summed E-state index contributed by atoms with van der Waals surface area (Å²) in [6, 6.07) is 15.3. The van der Waals surface area contributed by atoms with Gasteiger partial charge in [-0.2, -0.15) is 8.42 Å². The van der Waals surface area contributed by atoms with Gasteiger partial charge in [-0.1, -0.05) is 33.8 Å². The number of amides is 2. The summed E-state index contributed by atoms with van der Waals surface area (Å²) in [6.07, 6.45) is 1.50. The van der Waals surface area contributed by atoms with Crippen molar-refractivity contribution < 1.29 is 35.9 Å². The van der Waals surface area contributed by atoms with Crippen molar-refractivity contribution in [2.24, 2.45) is 10.6 Å². The quantitative estimate of drug-likeness (QED) is 0.103. The van der Waals surface area contributed by atoms with E-state index < -0.39 is 42.9 Å². The van der Waals surface area contributed by atoms with Crippen LogP contribution in [-0.4, -0.2) is 57.6 Å². The summed E-state index contributed by atoms with van der Waals surface area (Å²) in [5.74, 6) is 0.602. The van der Waals surface area contributed by atoms with E-state index in [-0.39, 0.29) is 40.5 Å². The van der Waals surface area contributed by atoms with Crippen molar-refractivity contribution in [2.45, 2.75) is 98.4 Å². The van der Waals surface area contributed by atoms with Gasteiger partial charge in [0.15, 0.2) is 21.3 Å². The highest BCUT2D eigenvalue weighted by molar-refractivity contribution is 7.91. The van der Waals surface area contributed by atoms with Crippen molar-refractivity contribution in [1.82, 2.24) is 10.3 Å². The summed E-state index contributed by atoms with van der Waals surface area (Å²) < 4.78 is 63.6. The van der Waals surface area contributed by atoms with Gasteiger partial charge in [-0.25, -0.2) is 18.5 Å². The minimum Gasteiger partial charge on any atom is -0.490 e. The standard InChI is InChI=1S/C40H54N6O8S2/c1-11-53-33-23-27(13-17-32(33)54-25(3)4)35(37(47)43-24-28-22-30(45-56(41,51)52)15-18-34(28)55(49,50)12-2)44-29-14-16-31-26(21-29)19-20-42-36(31)46(40(8,9)10)38(48)39(5,6)7/h13-23,25,35,44-45H,11-12,24H2,1-10H3,(H,43,47)(H2,41,51,52). The number of carbonyl (C=O) groups is 2. The molecular weight excluding hydrogens is 757 g/mol. The number of benzene rings is 3. The molecule has 0 saturated carbocycles. The highest BCUT2D eigenvalue weighted by atomic mass is 32.2. The third-order valence-electron chi connectivity index (χ3n) is 8.50. The van der Waals surface area contributed by atoms with Crippen LogP contribution in [0.5, 0.6) is 11.5 Å². The van der Waals surface area contributed by atoms with Gasteiger partial charge in [0.05, 0.1) is 29.0 Å². The van der Waals surface area contributed by atoms with Crippen LogP contribution in [0, 0.1) is 5.41 Å². The molecule has 4 aromatic rings. The van der Waals surface area contributed by atoms with Crippen LogP contribution < -0.4 is 34.9 Å². The number of aromatic nitrogens is 1. The smallest absolute Gasteiger partial charge is 0.296 e. The number of nitrogens with zero attached hydrogens (tertiary/aromatic N) is 2. The number of nitrogens with two attached hydrogens (primary N) is 1. The Labute approximate surface area is 330 Å². The van der Waals surface area contributed by atoms with Crippen LogP contribution >= 0.6 is 0 Å². The van der Waals surface area contributed by atoms with E-state index in [2.05, 4.69) is 20.3 Å². The lowest BCUT2D eigenvalue weighted by atomic mass is 9.91. The first-order valence-corrected chi connectivity index (χ1v) is 21.5.